The molecule has 110 valence electrons. The van der Waals surface area contributed by atoms with Gasteiger partial charge in [-0.3, -0.25) is 4.79 Å². The molecule has 0 amide bonds. The van der Waals surface area contributed by atoms with E-state index in [1.54, 1.807) is 12.1 Å². The third kappa shape index (κ3) is 1.55. The van der Waals surface area contributed by atoms with Crippen LogP contribution in [0.3, 0.4) is 0 Å². The van der Waals surface area contributed by atoms with E-state index in [1.165, 1.54) is 0 Å². The van der Waals surface area contributed by atoms with Crippen molar-refractivity contribution in [3.05, 3.63) is 35.4 Å². The van der Waals surface area contributed by atoms with Gasteiger partial charge >= 0.3 is 0 Å². The molecule has 0 aliphatic heterocycles. The highest BCUT2D eigenvalue weighted by molar-refractivity contribution is 5.87. The number of hydrogen-bond donors (Lipinski definition) is 2. The summed E-state index contributed by atoms with van der Waals surface area (Å²) < 4.78 is 0. The predicted octanol–water partition coefficient (Wildman–Crippen LogP) is 3.01. The highest BCUT2D eigenvalue weighted by Crippen LogP contribution is 2.60. The van der Waals surface area contributed by atoms with E-state index in [-0.39, 0.29) is 23.0 Å². The van der Waals surface area contributed by atoms with Crippen LogP contribution >= 0.6 is 0 Å². The smallest absolute Gasteiger partial charge is 0.139 e. The van der Waals surface area contributed by atoms with E-state index in [4.69, 9.17) is 0 Å². The van der Waals surface area contributed by atoms with Gasteiger partial charge in [0.05, 0.1) is 5.60 Å². The molecule has 2 N–H and O–H groups in total. The summed E-state index contributed by atoms with van der Waals surface area (Å²) in [7, 11) is 0. The Morgan fingerprint density at radius 3 is 2.90 bits per heavy atom. The highest BCUT2D eigenvalue weighted by Gasteiger charge is 2.60. The fourth-order valence-corrected chi connectivity index (χ4v) is 4.93. The quantitative estimate of drug-likeness (QED) is 0.770. The van der Waals surface area contributed by atoms with Gasteiger partial charge < -0.3 is 10.2 Å². The Balaban J connectivity index is 1.84. The number of aliphatic hydroxyl groups is 1. The van der Waals surface area contributed by atoms with Crippen LogP contribution in [0.4, 0.5) is 0 Å². The van der Waals surface area contributed by atoms with Crippen LogP contribution < -0.4 is 0 Å². The van der Waals surface area contributed by atoms with Crippen LogP contribution in [0, 0.1) is 11.3 Å². The molecule has 0 heterocycles. The molecular weight excluding hydrogens is 264 g/mol. The normalized spacial score (nSPS) is 40.6. The third-order valence-corrected chi connectivity index (χ3v) is 6.11. The first-order valence-corrected chi connectivity index (χ1v) is 7.73. The van der Waals surface area contributed by atoms with Gasteiger partial charge in [0, 0.05) is 23.7 Å². The number of carbonyl (C=O) groups is 1. The Bertz CT molecular complexity index is 662. The van der Waals surface area contributed by atoms with Crippen molar-refractivity contribution in [3.8, 4) is 5.75 Å². The number of aromatic hydroxyl groups is 1. The van der Waals surface area contributed by atoms with Gasteiger partial charge in [-0.25, -0.2) is 0 Å². The van der Waals surface area contributed by atoms with Gasteiger partial charge in [-0.1, -0.05) is 25.1 Å². The molecule has 4 rings (SSSR count). The molecule has 0 bridgehead atoms. The minimum absolute atomic E-state index is 0.00875. The fraction of sp³-hybridized carbons (Fsp3) is 0.500. The van der Waals surface area contributed by atoms with Crippen molar-refractivity contribution >= 4 is 11.9 Å². The van der Waals surface area contributed by atoms with E-state index in [2.05, 4.69) is 0 Å². The molecule has 1 aromatic carbocycles. The van der Waals surface area contributed by atoms with E-state index in [1.807, 2.05) is 25.1 Å². The average Bonchev–Trinajstić information content (AvgIpc) is 2.75. The number of phenolic OH excluding ortho intramolecular Hbond substituents is 1. The number of ketones is 1. The Hall–Kier alpha value is -1.61. The second kappa shape index (κ2) is 3.98. The molecule has 0 unspecified atom stereocenters. The van der Waals surface area contributed by atoms with Gasteiger partial charge in [0.2, 0.25) is 0 Å². The molecule has 2 fully saturated rings. The summed E-state index contributed by atoms with van der Waals surface area (Å²) >= 11 is 0. The lowest BCUT2D eigenvalue weighted by molar-refractivity contribution is -0.136. The summed E-state index contributed by atoms with van der Waals surface area (Å²) in [5, 5.41) is 21.0. The number of benzene rings is 1. The fourth-order valence-electron chi connectivity index (χ4n) is 4.93. The summed E-state index contributed by atoms with van der Waals surface area (Å²) in [5.41, 5.74) is 0.782. The van der Waals surface area contributed by atoms with E-state index in [0.717, 1.165) is 30.4 Å². The summed E-state index contributed by atoms with van der Waals surface area (Å²) in [6.07, 6.45) is 6.81. The number of Topliss-reactive ketones (excluding diaryl/α,β-unsaturated/α-hetero) is 1. The van der Waals surface area contributed by atoms with Crippen molar-refractivity contribution in [3.63, 3.8) is 0 Å². The first-order chi connectivity index (χ1) is 9.95. The summed E-state index contributed by atoms with van der Waals surface area (Å²) in [6.45, 7) is 2.03. The Morgan fingerprint density at radius 2 is 2.10 bits per heavy atom. The van der Waals surface area contributed by atoms with Crippen LogP contribution in [0.1, 0.15) is 49.7 Å². The lowest BCUT2D eigenvalue weighted by Gasteiger charge is -2.51. The number of hydrogen-bond acceptors (Lipinski definition) is 3. The maximum Gasteiger partial charge on any atom is 0.139 e. The second-order valence-electron chi connectivity index (χ2n) is 7.06. The van der Waals surface area contributed by atoms with Gasteiger partial charge in [0.1, 0.15) is 11.5 Å². The number of carbonyl (C=O) groups excluding carboxylic acids is 1. The minimum atomic E-state index is -0.927. The molecule has 0 radical (unpaired) electrons. The Morgan fingerprint density at radius 1 is 1.29 bits per heavy atom. The van der Waals surface area contributed by atoms with Crippen LogP contribution in [-0.2, 0) is 4.79 Å². The average molecular weight is 284 g/mol. The van der Waals surface area contributed by atoms with Crippen LogP contribution in [0.15, 0.2) is 24.3 Å². The van der Waals surface area contributed by atoms with E-state index in [9.17, 15) is 15.0 Å². The number of rotatable bonds is 0. The van der Waals surface area contributed by atoms with Gasteiger partial charge in [0.25, 0.3) is 0 Å². The van der Waals surface area contributed by atoms with Gasteiger partial charge in [-0.05, 0) is 42.5 Å². The first kappa shape index (κ1) is 13.1. The maximum absolute atomic E-state index is 12.3. The second-order valence-corrected chi connectivity index (χ2v) is 7.06. The van der Waals surface area contributed by atoms with Crippen molar-refractivity contribution in [2.45, 2.75) is 44.1 Å². The van der Waals surface area contributed by atoms with Crippen molar-refractivity contribution in [1.82, 2.24) is 0 Å². The first-order valence-electron chi connectivity index (χ1n) is 7.73. The zero-order chi connectivity index (χ0) is 14.8. The van der Waals surface area contributed by atoms with Crippen molar-refractivity contribution in [2.75, 3.05) is 0 Å². The molecule has 3 aliphatic carbocycles. The minimum Gasteiger partial charge on any atom is -0.508 e. The zero-order valence-electron chi connectivity index (χ0n) is 12.2. The molecule has 3 heteroatoms. The molecule has 3 nitrogen and oxygen atoms in total. The van der Waals surface area contributed by atoms with E-state index >= 15 is 0 Å². The van der Waals surface area contributed by atoms with Crippen LogP contribution in [0.5, 0.6) is 5.75 Å². The molecular formula is C18H20O3. The highest BCUT2D eigenvalue weighted by atomic mass is 16.3. The standard InChI is InChI=1S/C18H20O3/c1-17-8-7-14-13-3-2-12(19)10-11(13)6-9-18(14,21)15(17)4-5-16(17)20/h2-3,6,9-10,14-15,19,21H,4-5,7-8H2,1H3/t14-,15-,17+,18-/m1/s1. The summed E-state index contributed by atoms with van der Waals surface area (Å²) in [5.74, 6) is 0.598. The molecule has 1 aromatic rings. The van der Waals surface area contributed by atoms with Crippen LogP contribution in [0.25, 0.3) is 6.08 Å². The van der Waals surface area contributed by atoms with Crippen LogP contribution in [-0.4, -0.2) is 21.6 Å². The van der Waals surface area contributed by atoms with Gasteiger partial charge in [-0.15, -0.1) is 0 Å². The van der Waals surface area contributed by atoms with Crippen molar-refractivity contribution in [2.24, 2.45) is 11.3 Å². The summed E-state index contributed by atoms with van der Waals surface area (Å²) in [4.78, 5) is 12.3. The zero-order valence-corrected chi connectivity index (χ0v) is 12.2. The summed E-state index contributed by atoms with van der Waals surface area (Å²) in [6, 6.07) is 5.36. The molecule has 0 saturated heterocycles. The van der Waals surface area contributed by atoms with Crippen molar-refractivity contribution in [1.29, 1.82) is 0 Å². The largest absolute Gasteiger partial charge is 0.508 e. The van der Waals surface area contributed by atoms with Crippen molar-refractivity contribution < 1.29 is 15.0 Å². The van der Waals surface area contributed by atoms with E-state index < -0.39 is 5.60 Å². The monoisotopic (exact) mass is 284 g/mol. The lowest BCUT2D eigenvalue weighted by Crippen LogP contribution is -2.53. The predicted molar refractivity (Wildman–Crippen MR) is 79.9 cm³/mol. The molecule has 3 aliphatic rings. The molecule has 2 saturated carbocycles. The van der Waals surface area contributed by atoms with E-state index in [0.29, 0.717) is 12.2 Å². The third-order valence-electron chi connectivity index (χ3n) is 6.11. The maximum atomic E-state index is 12.3. The molecule has 0 aromatic heterocycles. The number of fused-ring (bicyclic) bond motifs is 5. The van der Waals surface area contributed by atoms with Gasteiger partial charge in [-0.2, -0.15) is 0 Å². The lowest BCUT2D eigenvalue weighted by atomic mass is 9.55. The Kier molecular flexibility index (Phi) is 2.48. The molecule has 4 atom stereocenters. The Labute approximate surface area is 124 Å². The van der Waals surface area contributed by atoms with Crippen LogP contribution in [0.2, 0.25) is 0 Å². The number of phenols is 1. The van der Waals surface area contributed by atoms with Gasteiger partial charge in [0.15, 0.2) is 0 Å². The SMILES string of the molecule is C[C@]12CC[C@@H]3c4ccc(O)cc4C=C[C@]3(O)[C@@H]1CCC2=O. The molecule has 21 heavy (non-hydrogen) atoms. The topological polar surface area (TPSA) is 57.5 Å². The molecule has 0 spiro atoms.